The third-order valence-corrected chi connectivity index (χ3v) is 4.72. The summed E-state index contributed by atoms with van der Waals surface area (Å²) in [6, 6.07) is 0. The summed E-state index contributed by atoms with van der Waals surface area (Å²) in [5, 5.41) is 7.78. The van der Waals surface area contributed by atoms with Crippen molar-refractivity contribution < 1.29 is 4.74 Å². The summed E-state index contributed by atoms with van der Waals surface area (Å²) in [7, 11) is 1.67. The number of hydrogen-bond donors (Lipinski definition) is 2. The predicted molar refractivity (Wildman–Crippen MR) is 82.2 cm³/mol. The van der Waals surface area contributed by atoms with Gasteiger partial charge in [-0.05, 0) is 47.9 Å². The number of allylic oxidation sites excluding steroid dienone is 2. The molecule has 2 bridgehead atoms. The number of hydrazone groups is 1. The second kappa shape index (κ2) is 6.01. The van der Waals surface area contributed by atoms with Crippen molar-refractivity contribution in [2.45, 2.75) is 26.7 Å². The lowest BCUT2D eigenvalue weighted by Gasteiger charge is -2.55. The van der Waals surface area contributed by atoms with Gasteiger partial charge in [-0.3, -0.25) is 5.43 Å². The van der Waals surface area contributed by atoms with Crippen LogP contribution in [0.3, 0.4) is 0 Å². The van der Waals surface area contributed by atoms with E-state index in [1.54, 1.807) is 7.11 Å². The van der Waals surface area contributed by atoms with Gasteiger partial charge < -0.3 is 10.1 Å². The Bertz CT molecular complexity index is 403. The SMILES string of the molecule is COCCNC(=S)N/N=C/C1=CCC2CC1C2(C)C. The first-order chi connectivity index (χ1) is 9.05. The third kappa shape index (κ3) is 3.15. The molecule has 0 aromatic rings. The van der Waals surface area contributed by atoms with Crippen molar-refractivity contribution >= 4 is 23.5 Å². The minimum absolute atomic E-state index is 0.438. The van der Waals surface area contributed by atoms with Crippen LogP contribution in [0.5, 0.6) is 0 Å². The van der Waals surface area contributed by atoms with Crippen LogP contribution in [0.4, 0.5) is 0 Å². The van der Waals surface area contributed by atoms with Crippen LogP contribution >= 0.6 is 12.2 Å². The molecule has 0 saturated heterocycles. The van der Waals surface area contributed by atoms with Gasteiger partial charge in [0.25, 0.3) is 0 Å². The van der Waals surface area contributed by atoms with Gasteiger partial charge in [0.05, 0.1) is 12.8 Å². The number of fused-ring (bicyclic) bond motifs is 1. The average Bonchev–Trinajstić information content (AvgIpc) is 2.39. The molecule has 1 fully saturated rings. The molecule has 3 aliphatic rings. The Kier molecular flexibility index (Phi) is 4.58. The molecule has 5 heteroatoms. The van der Waals surface area contributed by atoms with Gasteiger partial charge in [0.1, 0.15) is 0 Å². The molecule has 2 unspecified atom stereocenters. The zero-order chi connectivity index (χ0) is 13.9. The maximum atomic E-state index is 5.11. The highest BCUT2D eigenvalue weighted by molar-refractivity contribution is 7.80. The number of rotatable bonds is 5. The van der Waals surface area contributed by atoms with Gasteiger partial charge in [-0.25, -0.2) is 0 Å². The van der Waals surface area contributed by atoms with E-state index in [-0.39, 0.29) is 0 Å². The average molecular weight is 281 g/mol. The van der Waals surface area contributed by atoms with Crippen LogP contribution in [-0.4, -0.2) is 31.6 Å². The first-order valence-corrected chi connectivity index (χ1v) is 7.22. The standard InChI is InChI=1S/C14H23N3OS/c1-14(2)11-5-4-10(12(14)8-11)9-16-17-13(19)15-6-7-18-3/h4,9,11-12H,5-8H2,1-3H3,(H2,15,17,19)/b16-9+. The summed E-state index contributed by atoms with van der Waals surface area (Å²) in [4.78, 5) is 0. The van der Waals surface area contributed by atoms with Crippen LogP contribution in [0.25, 0.3) is 0 Å². The molecule has 0 heterocycles. The smallest absolute Gasteiger partial charge is 0.187 e. The first-order valence-electron chi connectivity index (χ1n) is 6.81. The Morgan fingerprint density at radius 2 is 2.42 bits per heavy atom. The number of hydrogen-bond acceptors (Lipinski definition) is 3. The summed E-state index contributed by atoms with van der Waals surface area (Å²) in [6.07, 6.45) is 6.73. The van der Waals surface area contributed by atoms with Crippen LogP contribution in [0, 0.1) is 17.3 Å². The zero-order valence-electron chi connectivity index (χ0n) is 11.9. The fourth-order valence-electron chi connectivity index (χ4n) is 3.02. The Balaban J connectivity index is 1.77. The van der Waals surface area contributed by atoms with Crippen molar-refractivity contribution in [1.29, 1.82) is 0 Å². The number of ether oxygens (including phenoxy) is 1. The number of thiocarbonyl (C=S) groups is 1. The molecule has 2 N–H and O–H groups in total. The van der Waals surface area contributed by atoms with E-state index in [0.717, 1.165) is 5.92 Å². The fourth-order valence-corrected chi connectivity index (χ4v) is 3.17. The number of nitrogens with one attached hydrogen (secondary N) is 2. The Morgan fingerprint density at radius 1 is 1.63 bits per heavy atom. The van der Waals surface area contributed by atoms with Gasteiger partial charge >= 0.3 is 0 Å². The van der Waals surface area contributed by atoms with E-state index in [1.165, 1.54) is 18.4 Å². The summed E-state index contributed by atoms with van der Waals surface area (Å²) < 4.78 is 4.94. The second-order valence-electron chi connectivity index (χ2n) is 5.87. The van der Waals surface area contributed by atoms with Crippen molar-refractivity contribution in [3.63, 3.8) is 0 Å². The highest BCUT2D eigenvalue weighted by Gasteiger charge is 2.50. The summed E-state index contributed by atoms with van der Waals surface area (Å²) >= 11 is 5.11. The van der Waals surface area contributed by atoms with Gasteiger partial charge in [-0.15, -0.1) is 0 Å². The molecule has 0 aliphatic heterocycles. The first kappa shape index (κ1) is 14.5. The number of methoxy groups -OCH3 is 1. The lowest BCUT2D eigenvalue weighted by Crippen LogP contribution is -2.48. The molecule has 0 amide bonds. The second-order valence-corrected chi connectivity index (χ2v) is 6.27. The van der Waals surface area contributed by atoms with Crippen LogP contribution in [0.15, 0.2) is 16.8 Å². The highest BCUT2D eigenvalue weighted by atomic mass is 32.1. The van der Waals surface area contributed by atoms with Gasteiger partial charge in [-0.2, -0.15) is 5.10 Å². The monoisotopic (exact) mass is 281 g/mol. The van der Waals surface area contributed by atoms with Crippen molar-refractivity contribution in [2.75, 3.05) is 20.3 Å². The molecule has 3 rings (SSSR count). The molecule has 2 atom stereocenters. The lowest BCUT2D eigenvalue weighted by atomic mass is 9.49. The maximum absolute atomic E-state index is 5.11. The van der Waals surface area contributed by atoms with E-state index in [1.807, 2.05) is 6.21 Å². The number of nitrogens with zero attached hydrogens (tertiary/aromatic N) is 1. The van der Waals surface area contributed by atoms with Crippen LogP contribution in [0.2, 0.25) is 0 Å². The fraction of sp³-hybridized carbons (Fsp3) is 0.714. The van der Waals surface area contributed by atoms with Gasteiger partial charge in [-0.1, -0.05) is 19.9 Å². The Labute approximate surface area is 120 Å². The third-order valence-electron chi connectivity index (χ3n) is 4.48. The lowest BCUT2D eigenvalue weighted by molar-refractivity contribution is -0.00126. The van der Waals surface area contributed by atoms with Crippen molar-refractivity contribution in [1.82, 2.24) is 10.7 Å². The summed E-state index contributed by atoms with van der Waals surface area (Å²) in [5.41, 5.74) is 4.63. The highest BCUT2D eigenvalue weighted by Crippen LogP contribution is 2.58. The predicted octanol–water partition coefficient (Wildman–Crippen LogP) is 2.08. The van der Waals surface area contributed by atoms with Crippen molar-refractivity contribution in [2.24, 2.45) is 22.4 Å². The van der Waals surface area contributed by atoms with E-state index < -0.39 is 0 Å². The van der Waals surface area contributed by atoms with Crippen LogP contribution in [0.1, 0.15) is 26.7 Å². The van der Waals surface area contributed by atoms with Crippen molar-refractivity contribution in [3.05, 3.63) is 11.6 Å². The Hall–Kier alpha value is -0.940. The van der Waals surface area contributed by atoms with Crippen LogP contribution in [-0.2, 0) is 4.74 Å². The van der Waals surface area contributed by atoms with E-state index in [9.17, 15) is 0 Å². The molecule has 4 nitrogen and oxygen atoms in total. The molecule has 0 aromatic heterocycles. The summed E-state index contributed by atoms with van der Waals surface area (Å²) in [6.45, 7) is 6.04. The molecule has 3 aliphatic carbocycles. The molecular weight excluding hydrogens is 258 g/mol. The quantitative estimate of drug-likeness (QED) is 0.350. The molecule has 0 aromatic carbocycles. The normalized spacial score (nSPS) is 27.6. The topological polar surface area (TPSA) is 45.6 Å². The molecular formula is C14H23N3OS. The van der Waals surface area contributed by atoms with Crippen molar-refractivity contribution in [3.8, 4) is 0 Å². The van der Waals surface area contributed by atoms with E-state index in [4.69, 9.17) is 17.0 Å². The molecule has 1 saturated carbocycles. The minimum Gasteiger partial charge on any atom is -0.383 e. The minimum atomic E-state index is 0.438. The van der Waals surface area contributed by atoms with Gasteiger partial charge in [0, 0.05) is 13.7 Å². The molecule has 0 spiro atoms. The van der Waals surface area contributed by atoms with Crippen LogP contribution < -0.4 is 10.7 Å². The molecule has 106 valence electrons. The largest absolute Gasteiger partial charge is 0.383 e. The van der Waals surface area contributed by atoms with Gasteiger partial charge in [0.2, 0.25) is 0 Å². The van der Waals surface area contributed by atoms with E-state index in [0.29, 0.717) is 29.6 Å². The molecule has 0 radical (unpaired) electrons. The molecule has 19 heavy (non-hydrogen) atoms. The van der Waals surface area contributed by atoms with E-state index in [2.05, 4.69) is 35.8 Å². The Morgan fingerprint density at radius 3 is 3.05 bits per heavy atom. The van der Waals surface area contributed by atoms with E-state index >= 15 is 0 Å². The van der Waals surface area contributed by atoms with Gasteiger partial charge in [0.15, 0.2) is 5.11 Å². The summed E-state index contributed by atoms with van der Waals surface area (Å²) in [5.74, 6) is 1.52. The maximum Gasteiger partial charge on any atom is 0.187 e. The zero-order valence-corrected chi connectivity index (χ0v) is 12.7.